The van der Waals surface area contributed by atoms with Crippen LogP contribution in [0.25, 0.3) is 20.7 Å². The fourth-order valence-corrected chi connectivity index (χ4v) is 5.89. The van der Waals surface area contributed by atoms with Crippen molar-refractivity contribution in [3.63, 3.8) is 0 Å². The Hall–Kier alpha value is -3.30. The molecule has 1 aliphatic rings. The third kappa shape index (κ3) is 4.09. The average molecular weight is 479 g/mol. The Morgan fingerprint density at radius 1 is 1.12 bits per heavy atom. The van der Waals surface area contributed by atoms with Crippen molar-refractivity contribution in [1.29, 1.82) is 0 Å². The molecular formula is C24H22N4O3S2. The van der Waals surface area contributed by atoms with Gasteiger partial charge in [-0.25, -0.2) is 4.98 Å². The number of hydrogen-bond donors (Lipinski definition) is 1. The van der Waals surface area contributed by atoms with Gasteiger partial charge >= 0.3 is 0 Å². The summed E-state index contributed by atoms with van der Waals surface area (Å²) in [5.41, 5.74) is 2.37. The maximum atomic E-state index is 13.2. The van der Waals surface area contributed by atoms with Crippen LogP contribution in [0.1, 0.15) is 28.8 Å². The van der Waals surface area contributed by atoms with E-state index in [0.29, 0.717) is 21.5 Å². The lowest BCUT2D eigenvalue weighted by Crippen LogP contribution is -2.31. The zero-order chi connectivity index (χ0) is 22.9. The fourth-order valence-electron chi connectivity index (χ4n) is 4.17. The van der Waals surface area contributed by atoms with Gasteiger partial charge in [0.25, 0.3) is 11.5 Å². The molecule has 9 heteroatoms. The van der Waals surface area contributed by atoms with E-state index in [2.05, 4.69) is 10.3 Å². The zero-order valence-electron chi connectivity index (χ0n) is 18.0. The van der Waals surface area contributed by atoms with E-state index in [1.165, 1.54) is 22.2 Å². The molecule has 1 N–H and O–H groups in total. The zero-order valence-corrected chi connectivity index (χ0v) is 19.7. The first-order chi connectivity index (χ1) is 16.0. The number of amides is 2. The smallest absolute Gasteiger partial charge is 0.263 e. The van der Waals surface area contributed by atoms with Crippen LogP contribution >= 0.6 is 22.7 Å². The van der Waals surface area contributed by atoms with Crippen LogP contribution in [0.3, 0.4) is 0 Å². The Labute approximate surface area is 198 Å². The minimum absolute atomic E-state index is 0.0694. The maximum absolute atomic E-state index is 13.2. The maximum Gasteiger partial charge on any atom is 0.263 e. The number of fused-ring (bicyclic) bond motifs is 1. The molecule has 0 saturated carbocycles. The van der Waals surface area contributed by atoms with Gasteiger partial charge in [0.05, 0.1) is 23.0 Å². The lowest BCUT2D eigenvalue weighted by Gasteiger charge is -2.19. The molecule has 0 spiro atoms. The Balaban J connectivity index is 1.42. The molecule has 1 aromatic carbocycles. The van der Waals surface area contributed by atoms with Crippen molar-refractivity contribution in [2.24, 2.45) is 0 Å². The quantitative estimate of drug-likeness (QED) is 0.462. The second kappa shape index (κ2) is 8.92. The van der Waals surface area contributed by atoms with E-state index >= 15 is 0 Å². The monoisotopic (exact) mass is 478 g/mol. The van der Waals surface area contributed by atoms with Crippen molar-refractivity contribution in [2.45, 2.75) is 26.3 Å². The average Bonchev–Trinajstić information content (AvgIpc) is 3.56. The molecule has 5 rings (SSSR count). The van der Waals surface area contributed by atoms with Crippen molar-refractivity contribution in [3.8, 4) is 10.4 Å². The van der Waals surface area contributed by atoms with E-state index in [1.54, 1.807) is 17.4 Å². The van der Waals surface area contributed by atoms with Crippen molar-refractivity contribution in [3.05, 3.63) is 68.9 Å². The number of likely N-dealkylation sites (tertiary alicyclic amines) is 1. The summed E-state index contributed by atoms with van der Waals surface area (Å²) in [5.74, 6) is -0.452. The van der Waals surface area contributed by atoms with Crippen LogP contribution < -0.4 is 10.9 Å². The van der Waals surface area contributed by atoms with Crippen LogP contribution in [0.4, 0.5) is 5.69 Å². The Kier molecular flexibility index (Phi) is 5.82. The summed E-state index contributed by atoms with van der Waals surface area (Å²) >= 11 is 2.97. The van der Waals surface area contributed by atoms with Gasteiger partial charge in [-0.05, 0) is 42.8 Å². The highest BCUT2D eigenvalue weighted by Crippen LogP contribution is 2.33. The third-order valence-electron chi connectivity index (χ3n) is 5.82. The van der Waals surface area contributed by atoms with Gasteiger partial charge < -0.3 is 10.2 Å². The van der Waals surface area contributed by atoms with Gasteiger partial charge in [0.1, 0.15) is 11.4 Å². The summed E-state index contributed by atoms with van der Waals surface area (Å²) in [5, 5.41) is 7.26. The summed E-state index contributed by atoms with van der Waals surface area (Å²) in [6.07, 6.45) is 3.40. The molecule has 33 heavy (non-hydrogen) atoms. The van der Waals surface area contributed by atoms with E-state index in [1.807, 2.05) is 46.8 Å². The molecule has 0 bridgehead atoms. The van der Waals surface area contributed by atoms with Gasteiger partial charge in [-0.2, -0.15) is 0 Å². The number of anilines is 1. The first-order valence-electron chi connectivity index (χ1n) is 10.7. The SMILES string of the molecule is Cc1cccc(NC(=O)Cn2cnc3scc(-c4cccs4)c3c2=O)c1C(=O)N1CCCC1. The van der Waals surface area contributed by atoms with Crippen LogP contribution in [-0.4, -0.2) is 39.4 Å². The Morgan fingerprint density at radius 2 is 1.94 bits per heavy atom. The lowest BCUT2D eigenvalue weighted by atomic mass is 10.0. The van der Waals surface area contributed by atoms with E-state index in [4.69, 9.17) is 0 Å². The molecular weight excluding hydrogens is 456 g/mol. The van der Waals surface area contributed by atoms with Crippen LogP contribution in [0.15, 0.2) is 52.2 Å². The fraction of sp³-hybridized carbons (Fsp3) is 0.250. The Morgan fingerprint density at radius 3 is 2.70 bits per heavy atom. The van der Waals surface area contributed by atoms with Gasteiger partial charge in [0, 0.05) is 28.9 Å². The predicted molar refractivity (Wildman–Crippen MR) is 132 cm³/mol. The summed E-state index contributed by atoms with van der Waals surface area (Å²) in [7, 11) is 0. The van der Waals surface area contributed by atoms with Gasteiger partial charge in [-0.15, -0.1) is 22.7 Å². The highest BCUT2D eigenvalue weighted by Gasteiger charge is 2.24. The number of nitrogens with zero attached hydrogens (tertiary/aromatic N) is 3. The molecule has 1 aliphatic heterocycles. The molecule has 1 fully saturated rings. The number of nitrogens with one attached hydrogen (secondary N) is 1. The second-order valence-corrected chi connectivity index (χ2v) is 9.84. The number of thiophene rings is 2. The van der Waals surface area contributed by atoms with E-state index in [-0.39, 0.29) is 23.9 Å². The molecule has 4 aromatic rings. The number of aromatic nitrogens is 2. The standard InChI is InChI=1S/C24H22N4O3S2/c1-15-6-4-7-17(20(15)23(30)27-9-2-3-10-27)26-19(29)12-28-14-25-22-21(24(28)31)16(13-33-22)18-8-5-11-32-18/h4-8,11,13-14H,2-3,9-10,12H2,1H3,(H,26,29). The molecule has 7 nitrogen and oxygen atoms in total. The van der Waals surface area contributed by atoms with Gasteiger partial charge in [0.2, 0.25) is 5.91 Å². The largest absolute Gasteiger partial charge is 0.339 e. The van der Waals surface area contributed by atoms with Crippen LogP contribution in [0, 0.1) is 6.92 Å². The van der Waals surface area contributed by atoms with Crippen LogP contribution in [-0.2, 0) is 11.3 Å². The lowest BCUT2D eigenvalue weighted by molar-refractivity contribution is -0.116. The van der Waals surface area contributed by atoms with Crippen LogP contribution in [0.5, 0.6) is 0 Å². The van der Waals surface area contributed by atoms with E-state index in [0.717, 1.165) is 41.9 Å². The highest BCUT2D eigenvalue weighted by atomic mass is 32.1. The first kappa shape index (κ1) is 21.5. The molecule has 1 saturated heterocycles. The minimum atomic E-state index is -0.382. The summed E-state index contributed by atoms with van der Waals surface area (Å²) in [6, 6.07) is 9.31. The molecule has 4 heterocycles. The second-order valence-electron chi connectivity index (χ2n) is 8.03. The molecule has 2 amide bonds. The number of benzene rings is 1. The molecule has 0 aliphatic carbocycles. The number of carbonyl (C=O) groups is 2. The number of rotatable bonds is 5. The topological polar surface area (TPSA) is 84.3 Å². The summed E-state index contributed by atoms with van der Waals surface area (Å²) in [6.45, 7) is 3.14. The minimum Gasteiger partial charge on any atom is -0.339 e. The molecule has 0 radical (unpaired) electrons. The van der Waals surface area contributed by atoms with Crippen molar-refractivity contribution in [2.75, 3.05) is 18.4 Å². The molecule has 3 aromatic heterocycles. The van der Waals surface area contributed by atoms with Gasteiger partial charge in [0.15, 0.2) is 0 Å². The number of carbonyl (C=O) groups excluding carboxylic acids is 2. The van der Waals surface area contributed by atoms with Gasteiger partial charge in [-0.1, -0.05) is 18.2 Å². The van der Waals surface area contributed by atoms with Crippen molar-refractivity contribution in [1.82, 2.24) is 14.5 Å². The highest BCUT2D eigenvalue weighted by molar-refractivity contribution is 7.18. The normalized spacial score (nSPS) is 13.5. The summed E-state index contributed by atoms with van der Waals surface area (Å²) < 4.78 is 1.32. The summed E-state index contributed by atoms with van der Waals surface area (Å²) in [4.78, 5) is 47.0. The molecule has 0 unspecified atom stereocenters. The first-order valence-corrected chi connectivity index (χ1v) is 12.5. The van der Waals surface area contributed by atoms with E-state index in [9.17, 15) is 14.4 Å². The predicted octanol–water partition coefficient (Wildman–Crippen LogP) is 4.37. The van der Waals surface area contributed by atoms with E-state index < -0.39 is 0 Å². The van der Waals surface area contributed by atoms with Crippen LogP contribution in [0.2, 0.25) is 0 Å². The van der Waals surface area contributed by atoms with Crippen molar-refractivity contribution >= 4 is 50.4 Å². The number of hydrogen-bond acceptors (Lipinski definition) is 6. The van der Waals surface area contributed by atoms with Crippen molar-refractivity contribution < 1.29 is 9.59 Å². The molecule has 0 atom stereocenters. The number of aryl methyl sites for hydroxylation is 1. The molecule has 168 valence electrons. The third-order valence-corrected chi connectivity index (χ3v) is 7.60. The Bertz CT molecular complexity index is 1400. The van der Waals surface area contributed by atoms with Gasteiger partial charge in [-0.3, -0.25) is 19.0 Å².